The second-order valence-electron chi connectivity index (χ2n) is 5.84. The molecular weight excluding hydrogens is 290 g/mol. The third-order valence-corrected chi connectivity index (χ3v) is 4.37. The SMILES string of the molecule is CNS(=O)(=O)c1cc(NC(=O)CNC(C)(C)C)ccc1C. The van der Waals surface area contributed by atoms with Gasteiger partial charge in [0.1, 0.15) is 0 Å². The van der Waals surface area contributed by atoms with Crippen molar-refractivity contribution in [2.75, 3.05) is 18.9 Å². The summed E-state index contributed by atoms with van der Waals surface area (Å²) >= 11 is 0. The predicted molar refractivity (Wildman–Crippen MR) is 83.8 cm³/mol. The van der Waals surface area contributed by atoms with Gasteiger partial charge in [0.15, 0.2) is 0 Å². The molecule has 0 radical (unpaired) electrons. The Bertz CT molecular complexity index is 619. The number of carbonyl (C=O) groups is 1. The summed E-state index contributed by atoms with van der Waals surface area (Å²) in [6.45, 7) is 7.75. The second kappa shape index (κ2) is 6.55. The van der Waals surface area contributed by atoms with E-state index in [0.29, 0.717) is 11.3 Å². The quantitative estimate of drug-likeness (QED) is 0.763. The Kier molecular flexibility index (Phi) is 5.49. The van der Waals surface area contributed by atoms with E-state index in [9.17, 15) is 13.2 Å². The average molecular weight is 313 g/mol. The number of anilines is 1. The minimum absolute atomic E-state index is 0.158. The van der Waals surface area contributed by atoms with Gasteiger partial charge in [0.2, 0.25) is 15.9 Å². The van der Waals surface area contributed by atoms with Crippen LogP contribution in [0, 0.1) is 6.92 Å². The Morgan fingerprint density at radius 1 is 1.24 bits per heavy atom. The van der Waals surface area contributed by atoms with Crippen molar-refractivity contribution in [3.63, 3.8) is 0 Å². The first-order valence-electron chi connectivity index (χ1n) is 6.64. The van der Waals surface area contributed by atoms with E-state index < -0.39 is 10.0 Å². The number of sulfonamides is 1. The van der Waals surface area contributed by atoms with Crippen LogP contribution in [0.15, 0.2) is 23.1 Å². The fourth-order valence-electron chi connectivity index (χ4n) is 1.63. The molecular formula is C14H23N3O3S. The molecule has 0 spiro atoms. The third-order valence-electron chi connectivity index (χ3n) is 2.81. The number of hydrogen-bond acceptors (Lipinski definition) is 4. The van der Waals surface area contributed by atoms with Gasteiger partial charge in [-0.05, 0) is 52.4 Å². The molecule has 0 unspecified atom stereocenters. The number of rotatable bonds is 5. The normalized spacial score (nSPS) is 12.2. The minimum atomic E-state index is -3.54. The van der Waals surface area contributed by atoms with Crippen LogP contribution in [0.1, 0.15) is 26.3 Å². The summed E-state index contributed by atoms with van der Waals surface area (Å²) in [5.74, 6) is -0.221. The molecule has 0 bridgehead atoms. The maximum Gasteiger partial charge on any atom is 0.240 e. The number of carbonyl (C=O) groups excluding carboxylic acids is 1. The van der Waals surface area contributed by atoms with Crippen LogP contribution in [0.2, 0.25) is 0 Å². The van der Waals surface area contributed by atoms with Gasteiger partial charge in [-0.2, -0.15) is 0 Å². The largest absolute Gasteiger partial charge is 0.325 e. The summed E-state index contributed by atoms with van der Waals surface area (Å²) in [4.78, 5) is 12.0. The van der Waals surface area contributed by atoms with Crippen LogP contribution in [0.3, 0.4) is 0 Å². The van der Waals surface area contributed by atoms with Crippen LogP contribution < -0.4 is 15.4 Å². The highest BCUT2D eigenvalue weighted by atomic mass is 32.2. The zero-order valence-corrected chi connectivity index (χ0v) is 13.9. The third kappa shape index (κ3) is 5.45. The lowest BCUT2D eigenvalue weighted by Gasteiger charge is -2.20. The smallest absolute Gasteiger partial charge is 0.240 e. The lowest BCUT2D eigenvalue weighted by atomic mass is 10.1. The predicted octanol–water partition coefficient (Wildman–Crippen LogP) is 1.23. The summed E-state index contributed by atoms with van der Waals surface area (Å²) in [5, 5.41) is 5.75. The highest BCUT2D eigenvalue weighted by Crippen LogP contribution is 2.19. The number of nitrogens with one attached hydrogen (secondary N) is 3. The minimum Gasteiger partial charge on any atom is -0.325 e. The molecule has 1 aromatic rings. The summed E-state index contributed by atoms with van der Waals surface area (Å²) in [6.07, 6.45) is 0. The number of hydrogen-bond donors (Lipinski definition) is 3. The molecule has 3 N–H and O–H groups in total. The highest BCUT2D eigenvalue weighted by molar-refractivity contribution is 7.89. The Balaban J connectivity index is 2.87. The summed E-state index contributed by atoms with van der Waals surface area (Å²) in [5.41, 5.74) is 0.913. The van der Waals surface area contributed by atoms with E-state index in [1.807, 2.05) is 20.8 Å². The fourth-order valence-corrected chi connectivity index (χ4v) is 2.62. The molecule has 0 fully saturated rings. The van der Waals surface area contributed by atoms with Gasteiger partial charge in [-0.1, -0.05) is 6.07 Å². The zero-order valence-electron chi connectivity index (χ0n) is 13.1. The van der Waals surface area contributed by atoms with Gasteiger partial charge in [-0.15, -0.1) is 0 Å². The van der Waals surface area contributed by atoms with Gasteiger partial charge in [0.05, 0.1) is 11.4 Å². The molecule has 6 nitrogen and oxygen atoms in total. The first-order chi connectivity index (χ1) is 9.55. The molecule has 118 valence electrons. The van der Waals surface area contributed by atoms with Crippen LogP contribution in [-0.4, -0.2) is 33.5 Å². The van der Waals surface area contributed by atoms with Gasteiger partial charge in [0, 0.05) is 11.2 Å². The molecule has 1 amide bonds. The van der Waals surface area contributed by atoms with Gasteiger partial charge in [-0.25, -0.2) is 13.1 Å². The van der Waals surface area contributed by atoms with E-state index in [4.69, 9.17) is 0 Å². The van der Waals surface area contributed by atoms with Crippen molar-refractivity contribution in [1.82, 2.24) is 10.0 Å². The molecule has 0 aliphatic heterocycles. The molecule has 0 aromatic heterocycles. The molecule has 0 heterocycles. The maximum atomic E-state index is 11.9. The Hall–Kier alpha value is -1.44. The Morgan fingerprint density at radius 3 is 2.38 bits per heavy atom. The zero-order chi connectivity index (χ0) is 16.3. The van der Waals surface area contributed by atoms with Crippen LogP contribution in [0.25, 0.3) is 0 Å². The summed E-state index contributed by atoms with van der Waals surface area (Å²) in [7, 11) is -2.19. The van der Waals surface area contributed by atoms with E-state index in [1.165, 1.54) is 13.1 Å². The first-order valence-corrected chi connectivity index (χ1v) is 8.12. The topological polar surface area (TPSA) is 87.3 Å². The molecule has 1 rings (SSSR count). The van der Waals surface area contributed by atoms with E-state index in [-0.39, 0.29) is 22.9 Å². The molecule has 0 aliphatic rings. The van der Waals surface area contributed by atoms with Gasteiger partial charge in [-0.3, -0.25) is 4.79 Å². The Morgan fingerprint density at radius 2 is 1.86 bits per heavy atom. The van der Waals surface area contributed by atoms with Crippen molar-refractivity contribution in [2.24, 2.45) is 0 Å². The number of amides is 1. The van der Waals surface area contributed by atoms with Crippen molar-refractivity contribution in [3.05, 3.63) is 23.8 Å². The molecule has 1 aromatic carbocycles. The van der Waals surface area contributed by atoms with Gasteiger partial charge < -0.3 is 10.6 Å². The Labute approximate surface area is 126 Å². The van der Waals surface area contributed by atoms with Crippen LogP contribution in [0.5, 0.6) is 0 Å². The van der Waals surface area contributed by atoms with Crippen molar-refractivity contribution >= 4 is 21.6 Å². The van der Waals surface area contributed by atoms with Crippen LogP contribution in [-0.2, 0) is 14.8 Å². The van der Waals surface area contributed by atoms with Crippen LogP contribution >= 0.6 is 0 Å². The van der Waals surface area contributed by atoms with Crippen LogP contribution in [0.4, 0.5) is 5.69 Å². The van der Waals surface area contributed by atoms with Crippen molar-refractivity contribution in [2.45, 2.75) is 38.1 Å². The first kappa shape index (κ1) is 17.6. The van der Waals surface area contributed by atoms with E-state index in [2.05, 4.69) is 15.4 Å². The molecule has 7 heteroatoms. The molecule has 0 saturated heterocycles. The molecule has 21 heavy (non-hydrogen) atoms. The monoisotopic (exact) mass is 313 g/mol. The van der Waals surface area contributed by atoms with E-state index >= 15 is 0 Å². The van der Waals surface area contributed by atoms with Gasteiger partial charge >= 0.3 is 0 Å². The number of benzene rings is 1. The van der Waals surface area contributed by atoms with Crippen molar-refractivity contribution < 1.29 is 13.2 Å². The molecule has 0 atom stereocenters. The average Bonchev–Trinajstić information content (AvgIpc) is 2.38. The fraction of sp³-hybridized carbons (Fsp3) is 0.500. The second-order valence-corrected chi connectivity index (χ2v) is 7.69. The van der Waals surface area contributed by atoms with Crippen molar-refractivity contribution in [1.29, 1.82) is 0 Å². The van der Waals surface area contributed by atoms with E-state index in [0.717, 1.165) is 0 Å². The summed E-state index contributed by atoms with van der Waals surface area (Å²) < 4.78 is 26.0. The number of aryl methyl sites for hydroxylation is 1. The lowest BCUT2D eigenvalue weighted by molar-refractivity contribution is -0.115. The lowest BCUT2D eigenvalue weighted by Crippen LogP contribution is -2.41. The molecule has 0 saturated carbocycles. The summed E-state index contributed by atoms with van der Waals surface area (Å²) in [6, 6.07) is 4.80. The standard InChI is InChI=1S/C14H23N3O3S/c1-10-6-7-11(8-12(10)21(19,20)15-5)17-13(18)9-16-14(2,3)4/h6-8,15-16H,9H2,1-5H3,(H,17,18). The molecule has 0 aliphatic carbocycles. The maximum absolute atomic E-state index is 11.9. The van der Waals surface area contributed by atoms with Crippen molar-refractivity contribution in [3.8, 4) is 0 Å². The highest BCUT2D eigenvalue weighted by Gasteiger charge is 2.16. The van der Waals surface area contributed by atoms with E-state index in [1.54, 1.807) is 19.1 Å². The van der Waals surface area contributed by atoms with Gasteiger partial charge in [0.25, 0.3) is 0 Å².